The minimum absolute atomic E-state index is 0.142. The largest absolute Gasteiger partial charge is 0.370 e. The van der Waals surface area contributed by atoms with Crippen molar-refractivity contribution in [3.63, 3.8) is 0 Å². The van der Waals surface area contributed by atoms with E-state index in [1.165, 1.54) is 17.5 Å². The van der Waals surface area contributed by atoms with Gasteiger partial charge in [-0.05, 0) is 17.8 Å². The summed E-state index contributed by atoms with van der Waals surface area (Å²) in [5.41, 5.74) is 2.86. The molecule has 80 valence electrons. The number of hydrogen-bond acceptors (Lipinski definition) is 2. The molecule has 1 unspecified atom stereocenters. The molecule has 0 saturated carbocycles. The highest BCUT2D eigenvalue weighted by molar-refractivity contribution is 5.66. The minimum atomic E-state index is 0.142. The third-order valence-electron chi connectivity index (χ3n) is 3.62. The number of rotatable bonds is 2. The van der Waals surface area contributed by atoms with E-state index in [-0.39, 0.29) is 5.41 Å². The average Bonchev–Trinajstić information content (AvgIpc) is 2.41. The predicted octanol–water partition coefficient (Wildman–Crippen LogP) is 2.82. The molecule has 1 heterocycles. The molecule has 1 aromatic rings. The fourth-order valence-corrected chi connectivity index (χ4v) is 2.72. The Kier molecular flexibility index (Phi) is 2.29. The van der Waals surface area contributed by atoms with Crippen LogP contribution in [0, 0.1) is 5.41 Å². The van der Waals surface area contributed by atoms with Crippen LogP contribution in [0.15, 0.2) is 24.3 Å². The molecular weight excluding hydrogens is 184 g/mol. The van der Waals surface area contributed by atoms with Crippen molar-refractivity contribution in [1.29, 1.82) is 5.41 Å². The molecule has 1 aliphatic rings. The van der Waals surface area contributed by atoms with E-state index in [4.69, 9.17) is 5.41 Å². The first-order valence-electron chi connectivity index (χ1n) is 5.40. The molecule has 0 bridgehead atoms. The molecule has 0 aromatic heterocycles. The lowest BCUT2D eigenvalue weighted by Crippen LogP contribution is -2.39. The van der Waals surface area contributed by atoms with Gasteiger partial charge in [0.25, 0.3) is 0 Å². The van der Waals surface area contributed by atoms with Crippen molar-refractivity contribution in [3.8, 4) is 0 Å². The first kappa shape index (κ1) is 10.2. The fourth-order valence-electron chi connectivity index (χ4n) is 2.72. The van der Waals surface area contributed by atoms with Crippen LogP contribution in [0.2, 0.25) is 0 Å². The van der Waals surface area contributed by atoms with Crippen molar-refractivity contribution in [2.75, 3.05) is 11.9 Å². The van der Waals surface area contributed by atoms with Gasteiger partial charge in [-0.1, -0.05) is 32.0 Å². The Morgan fingerprint density at radius 3 is 2.67 bits per heavy atom. The zero-order valence-electron chi connectivity index (χ0n) is 9.62. The predicted molar refractivity (Wildman–Crippen MR) is 65.1 cm³/mol. The van der Waals surface area contributed by atoms with Crippen molar-refractivity contribution in [3.05, 3.63) is 29.8 Å². The standard InChI is InChI=1S/C13H18N2/c1-13(2)10-6-4-5-7-11(10)15(3)12(13)8-9-14/h4-7,9,12,14H,8H2,1-3H3. The molecule has 0 spiro atoms. The van der Waals surface area contributed by atoms with E-state index in [1.807, 2.05) is 0 Å². The maximum atomic E-state index is 7.29. The van der Waals surface area contributed by atoms with Gasteiger partial charge in [0.05, 0.1) is 0 Å². The lowest BCUT2D eigenvalue weighted by Gasteiger charge is -2.31. The van der Waals surface area contributed by atoms with Crippen LogP contribution in [0.1, 0.15) is 25.8 Å². The highest BCUT2D eigenvalue weighted by Crippen LogP contribution is 2.44. The van der Waals surface area contributed by atoms with Gasteiger partial charge in [-0.2, -0.15) is 0 Å². The number of nitrogens with one attached hydrogen (secondary N) is 1. The van der Waals surface area contributed by atoms with Gasteiger partial charge in [-0.3, -0.25) is 0 Å². The number of hydrogen-bond donors (Lipinski definition) is 1. The van der Waals surface area contributed by atoms with Crippen LogP contribution in [-0.2, 0) is 5.41 Å². The summed E-state index contributed by atoms with van der Waals surface area (Å²) in [6.07, 6.45) is 2.34. The van der Waals surface area contributed by atoms with Crippen LogP contribution < -0.4 is 4.90 Å². The third kappa shape index (κ3) is 1.36. The maximum Gasteiger partial charge on any atom is 0.0428 e. The smallest absolute Gasteiger partial charge is 0.0428 e. The van der Waals surface area contributed by atoms with Crippen LogP contribution in [0.3, 0.4) is 0 Å². The van der Waals surface area contributed by atoms with Crippen molar-refractivity contribution < 1.29 is 0 Å². The summed E-state index contributed by atoms with van der Waals surface area (Å²) in [5, 5.41) is 7.29. The zero-order chi connectivity index (χ0) is 11.1. The summed E-state index contributed by atoms with van der Waals surface area (Å²) < 4.78 is 0. The van der Waals surface area contributed by atoms with E-state index in [2.05, 4.69) is 50.1 Å². The molecule has 1 N–H and O–H groups in total. The summed E-state index contributed by atoms with van der Waals surface area (Å²) in [7, 11) is 2.13. The highest BCUT2D eigenvalue weighted by Gasteiger charge is 2.41. The molecule has 0 saturated heterocycles. The second-order valence-corrected chi connectivity index (χ2v) is 4.81. The number of benzene rings is 1. The number of fused-ring (bicyclic) bond motifs is 1. The number of nitrogens with zero attached hydrogens (tertiary/aromatic N) is 1. The average molecular weight is 202 g/mol. The second kappa shape index (κ2) is 3.37. The van der Waals surface area contributed by atoms with Gasteiger partial charge in [-0.25, -0.2) is 0 Å². The molecule has 2 nitrogen and oxygen atoms in total. The van der Waals surface area contributed by atoms with Crippen molar-refractivity contribution in [2.45, 2.75) is 31.7 Å². The maximum absolute atomic E-state index is 7.29. The second-order valence-electron chi connectivity index (χ2n) is 4.81. The quantitative estimate of drug-likeness (QED) is 0.733. The van der Waals surface area contributed by atoms with Crippen molar-refractivity contribution in [1.82, 2.24) is 0 Å². The summed E-state index contributed by atoms with van der Waals surface area (Å²) in [5.74, 6) is 0. The zero-order valence-corrected chi connectivity index (χ0v) is 9.62. The van der Waals surface area contributed by atoms with Crippen molar-refractivity contribution >= 4 is 11.9 Å². The Bertz CT molecular complexity index is 382. The van der Waals surface area contributed by atoms with E-state index in [0.717, 1.165) is 6.42 Å². The molecule has 0 fully saturated rings. The Morgan fingerprint density at radius 1 is 1.40 bits per heavy atom. The summed E-state index contributed by atoms with van der Waals surface area (Å²) in [4.78, 5) is 2.31. The SMILES string of the molecule is CN1c2ccccc2C(C)(C)C1CC=N. The first-order chi connectivity index (χ1) is 7.09. The molecule has 1 atom stereocenters. The van der Waals surface area contributed by atoms with Crippen LogP contribution in [0.25, 0.3) is 0 Å². The van der Waals surface area contributed by atoms with Crippen LogP contribution >= 0.6 is 0 Å². The number of likely N-dealkylation sites (N-methyl/N-ethyl adjacent to an activating group) is 1. The molecule has 0 aliphatic carbocycles. The minimum Gasteiger partial charge on any atom is -0.370 e. The van der Waals surface area contributed by atoms with Gasteiger partial charge < -0.3 is 10.3 Å². The Hall–Kier alpha value is -1.31. The Morgan fingerprint density at radius 2 is 2.07 bits per heavy atom. The molecule has 2 heteroatoms. The van der Waals surface area contributed by atoms with Crippen LogP contribution in [-0.4, -0.2) is 19.3 Å². The van der Waals surface area contributed by atoms with E-state index in [1.54, 1.807) is 0 Å². The lowest BCUT2D eigenvalue weighted by atomic mass is 9.79. The third-order valence-corrected chi connectivity index (χ3v) is 3.62. The van der Waals surface area contributed by atoms with E-state index < -0.39 is 0 Å². The lowest BCUT2D eigenvalue weighted by molar-refractivity contribution is 0.438. The summed E-state index contributed by atoms with van der Waals surface area (Å²) >= 11 is 0. The molecule has 0 amide bonds. The molecular formula is C13H18N2. The van der Waals surface area contributed by atoms with Gasteiger partial charge in [-0.15, -0.1) is 0 Å². The highest BCUT2D eigenvalue weighted by atomic mass is 15.2. The monoisotopic (exact) mass is 202 g/mol. The molecule has 2 rings (SSSR count). The van der Waals surface area contributed by atoms with E-state index >= 15 is 0 Å². The van der Waals surface area contributed by atoms with Gasteiger partial charge in [0.15, 0.2) is 0 Å². The molecule has 15 heavy (non-hydrogen) atoms. The molecule has 1 aliphatic heterocycles. The Balaban J connectivity index is 2.49. The normalized spacial score (nSPS) is 22.6. The molecule has 1 aromatic carbocycles. The van der Waals surface area contributed by atoms with Gasteiger partial charge in [0, 0.05) is 30.6 Å². The summed E-state index contributed by atoms with van der Waals surface area (Å²) in [6, 6.07) is 8.96. The van der Waals surface area contributed by atoms with Crippen molar-refractivity contribution in [2.24, 2.45) is 0 Å². The van der Waals surface area contributed by atoms with Crippen LogP contribution in [0.4, 0.5) is 5.69 Å². The first-order valence-corrected chi connectivity index (χ1v) is 5.40. The summed E-state index contributed by atoms with van der Waals surface area (Å²) in [6.45, 7) is 4.53. The van der Waals surface area contributed by atoms with E-state index in [0.29, 0.717) is 6.04 Å². The van der Waals surface area contributed by atoms with Gasteiger partial charge in [0.1, 0.15) is 0 Å². The fraction of sp³-hybridized carbons (Fsp3) is 0.462. The van der Waals surface area contributed by atoms with Gasteiger partial charge in [0.2, 0.25) is 0 Å². The number of para-hydroxylation sites is 1. The number of anilines is 1. The Labute approximate surface area is 91.4 Å². The van der Waals surface area contributed by atoms with Crippen LogP contribution in [0.5, 0.6) is 0 Å². The van der Waals surface area contributed by atoms with Gasteiger partial charge >= 0.3 is 0 Å². The van der Waals surface area contributed by atoms with E-state index in [9.17, 15) is 0 Å². The topological polar surface area (TPSA) is 27.1 Å². The molecule has 0 radical (unpaired) electrons.